The summed E-state index contributed by atoms with van der Waals surface area (Å²) >= 11 is 0. The average molecular weight is 355 g/mol. The van der Waals surface area contributed by atoms with Crippen molar-refractivity contribution >= 4 is 11.6 Å². The number of methoxy groups -OCH3 is 2. The fourth-order valence-electron chi connectivity index (χ4n) is 4.70. The molecule has 0 fully saturated rings. The molecule has 0 spiro atoms. The highest BCUT2D eigenvalue weighted by Gasteiger charge is 2.45. The van der Waals surface area contributed by atoms with Crippen molar-refractivity contribution in [2.45, 2.75) is 45.6 Å². The molecule has 3 aliphatic rings. The number of Topliss-reactive ketones (excluding diaryl/α,β-unsaturated/α-hetero) is 2. The molecule has 1 atom stereocenters. The van der Waals surface area contributed by atoms with Crippen LogP contribution in [0.2, 0.25) is 0 Å². The first-order valence-corrected chi connectivity index (χ1v) is 9.15. The Bertz CT molecular complexity index is 837. The van der Waals surface area contributed by atoms with E-state index in [0.717, 1.165) is 36.4 Å². The largest absolute Gasteiger partial charge is 0.493 e. The van der Waals surface area contributed by atoms with E-state index in [4.69, 9.17) is 9.47 Å². The van der Waals surface area contributed by atoms with E-state index in [-0.39, 0.29) is 23.0 Å². The van der Waals surface area contributed by atoms with E-state index in [1.54, 1.807) is 14.2 Å². The minimum absolute atomic E-state index is 0.00983. The van der Waals surface area contributed by atoms with Crippen molar-refractivity contribution in [1.29, 1.82) is 0 Å². The van der Waals surface area contributed by atoms with Gasteiger partial charge in [0.25, 0.3) is 0 Å². The maximum absolute atomic E-state index is 12.8. The molecule has 5 heteroatoms. The molecule has 4 rings (SSSR count). The molecule has 0 saturated heterocycles. The van der Waals surface area contributed by atoms with Crippen molar-refractivity contribution in [3.63, 3.8) is 0 Å². The Morgan fingerprint density at radius 2 is 1.73 bits per heavy atom. The van der Waals surface area contributed by atoms with Crippen molar-refractivity contribution in [1.82, 2.24) is 4.90 Å². The Hall–Kier alpha value is -2.30. The number of hydrogen-bond acceptors (Lipinski definition) is 5. The zero-order valence-corrected chi connectivity index (χ0v) is 15.8. The van der Waals surface area contributed by atoms with Gasteiger partial charge >= 0.3 is 0 Å². The quantitative estimate of drug-likeness (QED) is 0.763. The van der Waals surface area contributed by atoms with Gasteiger partial charge in [-0.05, 0) is 41.5 Å². The van der Waals surface area contributed by atoms with Crippen LogP contribution in [0.1, 0.15) is 50.3 Å². The molecule has 138 valence electrons. The van der Waals surface area contributed by atoms with Crippen LogP contribution in [0.5, 0.6) is 11.5 Å². The van der Waals surface area contributed by atoms with Gasteiger partial charge in [0.05, 0.1) is 25.8 Å². The molecule has 1 aromatic rings. The molecule has 1 aliphatic carbocycles. The van der Waals surface area contributed by atoms with Gasteiger partial charge in [0.1, 0.15) is 0 Å². The topological polar surface area (TPSA) is 55.8 Å². The zero-order valence-electron chi connectivity index (χ0n) is 15.8. The molecule has 26 heavy (non-hydrogen) atoms. The molecular formula is C21H25NO4. The summed E-state index contributed by atoms with van der Waals surface area (Å²) in [4.78, 5) is 27.7. The van der Waals surface area contributed by atoms with Crippen LogP contribution >= 0.6 is 0 Å². The van der Waals surface area contributed by atoms with E-state index in [2.05, 4.69) is 18.7 Å². The van der Waals surface area contributed by atoms with Gasteiger partial charge in [0.2, 0.25) is 0 Å². The third kappa shape index (κ3) is 2.52. The first-order valence-electron chi connectivity index (χ1n) is 9.15. The van der Waals surface area contributed by atoms with Gasteiger partial charge in [0, 0.05) is 25.1 Å². The minimum atomic E-state index is -0.101. The molecule has 2 heterocycles. The molecule has 2 aliphatic heterocycles. The summed E-state index contributed by atoms with van der Waals surface area (Å²) in [5, 5.41) is 0. The molecule has 0 bridgehead atoms. The minimum Gasteiger partial charge on any atom is -0.493 e. The predicted octanol–water partition coefficient (Wildman–Crippen LogP) is 3.22. The van der Waals surface area contributed by atoms with Crippen molar-refractivity contribution in [3.05, 3.63) is 34.5 Å². The van der Waals surface area contributed by atoms with E-state index in [0.29, 0.717) is 24.2 Å². The van der Waals surface area contributed by atoms with Crippen LogP contribution in [0, 0.1) is 5.41 Å². The average Bonchev–Trinajstić information content (AvgIpc) is 2.58. The molecule has 5 nitrogen and oxygen atoms in total. The van der Waals surface area contributed by atoms with E-state index < -0.39 is 0 Å². The van der Waals surface area contributed by atoms with Crippen LogP contribution < -0.4 is 9.47 Å². The third-order valence-corrected chi connectivity index (χ3v) is 5.86. The maximum atomic E-state index is 12.8. The second-order valence-electron chi connectivity index (χ2n) is 8.26. The summed E-state index contributed by atoms with van der Waals surface area (Å²) in [6, 6.07) is 4.00. The van der Waals surface area contributed by atoms with Crippen LogP contribution in [-0.4, -0.2) is 37.2 Å². The molecule has 0 radical (unpaired) electrons. The number of fused-ring (bicyclic) bond motifs is 4. The summed E-state index contributed by atoms with van der Waals surface area (Å²) in [7, 11) is 3.26. The Morgan fingerprint density at radius 3 is 2.42 bits per heavy atom. The molecule has 0 N–H and O–H groups in total. The maximum Gasteiger partial charge on any atom is 0.170 e. The molecule has 0 aromatic heterocycles. The number of rotatable bonds is 2. The highest BCUT2D eigenvalue weighted by molar-refractivity contribution is 6.22. The standard InChI is InChI=1S/C21H25NO4/c1-21(2)10-15-20(17(24)11-21)16(23)9-14-13-8-19(26-4)18(25-3)7-12(13)5-6-22(14)15/h7-8,14H,5-6,9-11H2,1-4H3. The van der Waals surface area contributed by atoms with Gasteiger partial charge in [-0.3, -0.25) is 9.59 Å². The molecule has 1 aromatic carbocycles. The number of ketones is 2. The zero-order chi connectivity index (χ0) is 18.6. The fraction of sp³-hybridized carbons (Fsp3) is 0.524. The van der Waals surface area contributed by atoms with Crippen LogP contribution in [0.25, 0.3) is 0 Å². The fourth-order valence-corrected chi connectivity index (χ4v) is 4.70. The number of ether oxygens (including phenoxy) is 2. The lowest BCUT2D eigenvalue weighted by Gasteiger charge is -2.47. The van der Waals surface area contributed by atoms with E-state index in [1.807, 2.05) is 12.1 Å². The van der Waals surface area contributed by atoms with Crippen molar-refractivity contribution in [2.75, 3.05) is 20.8 Å². The number of allylic oxidation sites excluding steroid dienone is 2. The Labute approximate surface area is 154 Å². The highest BCUT2D eigenvalue weighted by Crippen LogP contribution is 2.48. The monoisotopic (exact) mass is 355 g/mol. The number of benzene rings is 1. The van der Waals surface area contributed by atoms with E-state index >= 15 is 0 Å². The lowest BCUT2D eigenvalue weighted by Crippen LogP contribution is -2.45. The van der Waals surface area contributed by atoms with E-state index in [1.165, 1.54) is 5.56 Å². The van der Waals surface area contributed by atoms with Gasteiger partial charge < -0.3 is 14.4 Å². The molecule has 1 unspecified atom stereocenters. The van der Waals surface area contributed by atoms with Gasteiger partial charge in [-0.1, -0.05) is 13.8 Å². The van der Waals surface area contributed by atoms with Crippen LogP contribution in [0.4, 0.5) is 0 Å². The Balaban J connectivity index is 1.81. The summed E-state index contributed by atoms with van der Waals surface area (Å²) < 4.78 is 10.9. The predicted molar refractivity (Wildman–Crippen MR) is 97.4 cm³/mol. The van der Waals surface area contributed by atoms with Gasteiger partial charge in [-0.25, -0.2) is 0 Å². The summed E-state index contributed by atoms with van der Waals surface area (Å²) in [5.74, 6) is 1.40. The first kappa shape index (κ1) is 17.1. The Kier molecular flexibility index (Phi) is 3.86. The van der Waals surface area contributed by atoms with Crippen molar-refractivity contribution < 1.29 is 19.1 Å². The number of hydrogen-bond donors (Lipinski definition) is 0. The van der Waals surface area contributed by atoms with Crippen molar-refractivity contribution in [2.24, 2.45) is 5.41 Å². The molecule has 0 amide bonds. The Morgan fingerprint density at radius 1 is 1.04 bits per heavy atom. The third-order valence-electron chi connectivity index (χ3n) is 5.86. The lowest BCUT2D eigenvalue weighted by atomic mass is 9.71. The number of carbonyl (C=O) groups excluding carboxylic acids is 2. The lowest BCUT2D eigenvalue weighted by molar-refractivity contribution is -0.125. The second-order valence-corrected chi connectivity index (χ2v) is 8.26. The van der Waals surface area contributed by atoms with E-state index in [9.17, 15) is 9.59 Å². The van der Waals surface area contributed by atoms with Gasteiger partial charge in [-0.2, -0.15) is 0 Å². The van der Waals surface area contributed by atoms with Crippen LogP contribution in [-0.2, 0) is 16.0 Å². The molecular weight excluding hydrogens is 330 g/mol. The smallest absolute Gasteiger partial charge is 0.170 e. The van der Waals surface area contributed by atoms with Crippen molar-refractivity contribution in [3.8, 4) is 11.5 Å². The SMILES string of the molecule is COc1cc2c(cc1OC)C1CC(=O)C3=C(CC(C)(C)CC3=O)N1CC2. The van der Waals surface area contributed by atoms with Crippen LogP contribution in [0.3, 0.4) is 0 Å². The highest BCUT2D eigenvalue weighted by atomic mass is 16.5. The summed E-state index contributed by atoms with van der Waals surface area (Å²) in [5.41, 5.74) is 3.62. The normalized spacial score (nSPS) is 24.0. The van der Waals surface area contributed by atoms with Gasteiger partial charge in [-0.15, -0.1) is 0 Å². The first-order chi connectivity index (χ1) is 12.3. The summed E-state index contributed by atoms with van der Waals surface area (Å²) in [6.07, 6.45) is 2.45. The van der Waals surface area contributed by atoms with Gasteiger partial charge in [0.15, 0.2) is 23.1 Å². The number of nitrogens with zero attached hydrogens (tertiary/aromatic N) is 1. The number of carbonyl (C=O) groups is 2. The second kappa shape index (κ2) is 5.86. The van der Waals surface area contributed by atoms with Crippen LogP contribution in [0.15, 0.2) is 23.4 Å². The summed E-state index contributed by atoms with van der Waals surface area (Å²) in [6.45, 7) is 5.03. The molecule has 0 saturated carbocycles.